The van der Waals surface area contributed by atoms with Gasteiger partial charge < -0.3 is 14.8 Å². The van der Waals surface area contributed by atoms with Gasteiger partial charge >= 0.3 is 0 Å². The highest BCUT2D eigenvalue weighted by atomic mass is 32.2. The Balaban J connectivity index is 1.37. The standard InChI is InChI=1S/C24H27N5O2S/c1-17-10-12-19(13-11-17)23(31)29-14-6-9-20(29)22-26-27-24(28(22)2)32-16-21(30)25-15-18-7-4-3-5-8-18/h3-5,7-8,10-13,20H,6,9,14-16H2,1-2H3,(H,25,30). The van der Waals surface area contributed by atoms with Gasteiger partial charge in [-0.2, -0.15) is 0 Å². The maximum atomic E-state index is 13.1. The highest BCUT2D eigenvalue weighted by Gasteiger charge is 2.34. The SMILES string of the molecule is Cc1ccc(C(=O)N2CCCC2c2nnc(SCC(=O)NCc3ccccc3)n2C)cc1. The monoisotopic (exact) mass is 449 g/mol. The molecule has 1 aromatic heterocycles. The number of carbonyl (C=O) groups excluding carboxylic acids is 2. The molecule has 32 heavy (non-hydrogen) atoms. The van der Waals surface area contributed by atoms with E-state index in [2.05, 4.69) is 15.5 Å². The number of rotatable bonds is 7. The number of thioether (sulfide) groups is 1. The van der Waals surface area contributed by atoms with E-state index in [1.807, 2.05) is 78.0 Å². The van der Waals surface area contributed by atoms with Crippen molar-refractivity contribution in [2.75, 3.05) is 12.3 Å². The van der Waals surface area contributed by atoms with Crippen LogP contribution >= 0.6 is 11.8 Å². The molecule has 0 saturated carbocycles. The summed E-state index contributed by atoms with van der Waals surface area (Å²) < 4.78 is 1.90. The van der Waals surface area contributed by atoms with Crippen LogP contribution in [0.1, 0.15) is 46.2 Å². The lowest BCUT2D eigenvalue weighted by molar-refractivity contribution is -0.118. The zero-order valence-electron chi connectivity index (χ0n) is 18.3. The van der Waals surface area contributed by atoms with E-state index in [9.17, 15) is 9.59 Å². The Hall–Kier alpha value is -3.13. The van der Waals surface area contributed by atoms with Gasteiger partial charge in [0, 0.05) is 25.7 Å². The number of likely N-dealkylation sites (tertiary alicyclic amines) is 1. The van der Waals surface area contributed by atoms with Gasteiger partial charge in [-0.25, -0.2) is 0 Å². The Morgan fingerprint density at radius 1 is 1.09 bits per heavy atom. The second-order valence-corrected chi connectivity index (χ2v) is 8.92. The summed E-state index contributed by atoms with van der Waals surface area (Å²) >= 11 is 1.35. The molecule has 8 heteroatoms. The summed E-state index contributed by atoms with van der Waals surface area (Å²) in [6, 6.07) is 17.4. The zero-order valence-corrected chi connectivity index (χ0v) is 19.1. The Bertz CT molecular complexity index is 1080. The van der Waals surface area contributed by atoms with Gasteiger partial charge in [0.15, 0.2) is 11.0 Å². The van der Waals surface area contributed by atoms with Crippen LogP contribution in [-0.2, 0) is 18.4 Å². The van der Waals surface area contributed by atoms with Crippen LogP contribution in [0.15, 0.2) is 59.8 Å². The van der Waals surface area contributed by atoms with Gasteiger partial charge in [0.1, 0.15) is 0 Å². The van der Waals surface area contributed by atoms with E-state index >= 15 is 0 Å². The van der Waals surface area contributed by atoms with Gasteiger partial charge in [-0.1, -0.05) is 59.8 Å². The number of carbonyl (C=O) groups is 2. The van der Waals surface area contributed by atoms with Gasteiger partial charge in [-0.3, -0.25) is 9.59 Å². The molecule has 0 aliphatic carbocycles. The van der Waals surface area contributed by atoms with Crippen LogP contribution in [0.5, 0.6) is 0 Å². The fourth-order valence-corrected chi connectivity index (χ4v) is 4.61. The third kappa shape index (κ3) is 5.02. The van der Waals surface area contributed by atoms with Crippen molar-refractivity contribution in [1.29, 1.82) is 0 Å². The first kappa shape index (κ1) is 22.1. The third-order valence-electron chi connectivity index (χ3n) is 5.64. The minimum absolute atomic E-state index is 0.0185. The molecule has 2 aromatic carbocycles. The van der Waals surface area contributed by atoms with Gasteiger partial charge in [0.2, 0.25) is 5.91 Å². The van der Waals surface area contributed by atoms with Crippen molar-refractivity contribution in [2.45, 2.75) is 37.5 Å². The molecule has 166 valence electrons. The van der Waals surface area contributed by atoms with Crippen LogP contribution in [0.25, 0.3) is 0 Å². The number of amides is 2. The summed E-state index contributed by atoms with van der Waals surface area (Å²) in [6.45, 7) is 3.21. The molecule has 1 aliphatic heterocycles. The van der Waals surface area contributed by atoms with Crippen molar-refractivity contribution >= 4 is 23.6 Å². The Labute approximate surface area is 192 Å². The molecule has 2 amide bonds. The van der Waals surface area contributed by atoms with E-state index in [0.717, 1.165) is 29.8 Å². The Kier molecular flexibility index (Phi) is 6.90. The topological polar surface area (TPSA) is 80.1 Å². The highest BCUT2D eigenvalue weighted by molar-refractivity contribution is 7.99. The average molecular weight is 450 g/mol. The molecule has 7 nitrogen and oxygen atoms in total. The lowest BCUT2D eigenvalue weighted by atomic mass is 10.1. The van der Waals surface area contributed by atoms with Crippen molar-refractivity contribution in [2.24, 2.45) is 7.05 Å². The van der Waals surface area contributed by atoms with Crippen molar-refractivity contribution in [3.8, 4) is 0 Å². The second kappa shape index (κ2) is 9.99. The van der Waals surface area contributed by atoms with Crippen LogP contribution in [0.3, 0.4) is 0 Å². The van der Waals surface area contributed by atoms with Crippen LogP contribution in [-0.4, -0.2) is 43.8 Å². The minimum Gasteiger partial charge on any atom is -0.351 e. The number of aromatic nitrogens is 3. The fourth-order valence-electron chi connectivity index (χ4n) is 3.86. The van der Waals surface area contributed by atoms with Crippen LogP contribution in [0.2, 0.25) is 0 Å². The number of benzene rings is 2. The minimum atomic E-state index is -0.109. The number of hydrogen-bond donors (Lipinski definition) is 1. The lowest BCUT2D eigenvalue weighted by Crippen LogP contribution is -2.32. The smallest absolute Gasteiger partial charge is 0.254 e. The summed E-state index contributed by atoms with van der Waals surface area (Å²) in [5, 5.41) is 12.3. The number of nitrogens with zero attached hydrogens (tertiary/aromatic N) is 4. The molecular weight excluding hydrogens is 422 g/mol. The van der Waals surface area contributed by atoms with Crippen molar-refractivity contribution in [3.05, 3.63) is 77.1 Å². The molecule has 1 N–H and O–H groups in total. The van der Waals surface area contributed by atoms with Crippen LogP contribution in [0.4, 0.5) is 0 Å². The van der Waals surface area contributed by atoms with Gasteiger partial charge in [0.25, 0.3) is 5.91 Å². The van der Waals surface area contributed by atoms with Crippen LogP contribution < -0.4 is 5.32 Å². The van der Waals surface area contributed by atoms with Crippen LogP contribution in [0, 0.1) is 6.92 Å². The molecule has 1 unspecified atom stereocenters. The molecule has 1 saturated heterocycles. The molecule has 3 aromatic rings. The lowest BCUT2D eigenvalue weighted by Gasteiger charge is -2.24. The quantitative estimate of drug-likeness (QED) is 0.559. The summed E-state index contributed by atoms with van der Waals surface area (Å²) in [6.07, 6.45) is 1.78. The third-order valence-corrected chi connectivity index (χ3v) is 6.66. The first-order chi connectivity index (χ1) is 15.5. The predicted octanol–water partition coefficient (Wildman–Crippen LogP) is 3.51. The Morgan fingerprint density at radius 2 is 1.84 bits per heavy atom. The predicted molar refractivity (Wildman–Crippen MR) is 124 cm³/mol. The molecule has 2 heterocycles. The summed E-state index contributed by atoms with van der Waals surface area (Å²) in [5.74, 6) is 0.982. The number of hydrogen-bond acceptors (Lipinski definition) is 5. The average Bonchev–Trinajstić information content (AvgIpc) is 3.43. The van der Waals surface area contributed by atoms with Crippen molar-refractivity contribution in [1.82, 2.24) is 25.0 Å². The zero-order chi connectivity index (χ0) is 22.5. The maximum Gasteiger partial charge on any atom is 0.254 e. The molecule has 0 spiro atoms. The van der Waals surface area contributed by atoms with E-state index in [0.29, 0.717) is 23.8 Å². The van der Waals surface area contributed by atoms with Gasteiger partial charge in [0.05, 0.1) is 11.8 Å². The first-order valence-corrected chi connectivity index (χ1v) is 11.7. The molecule has 4 rings (SSSR count). The highest BCUT2D eigenvalue weighted by Crippen LogP contribution is 2.33. The maximum absolute atomic E-state index is 13.1. The number of nitrogens with one attached hydrogen (secondary N) is 1. The summed E-state index contributed by atoms with van der Waals surface area (Å²) in [7, 11) is 1.90. The second-order valence-electron chi connectivity index (χ2n) is 7.97. The van der Waals surface area contributed by atoms with E-state index < -0.39 is 0 Å². The summed E-state index contributed by atoms with van der Waals surface area (Å²) in [4.78, 5) is 27.2. The molecule has 1 aliphatic rings. The van der Waals surface area contributed by atoms with Crippen molar-refractivity contribution in [3.63, 3.8) is 0 Å². The molecular formula is C24H27N5O2S. The number of aryl methyl sites for hydroxylation is 1. The first-order valence-electron chi connectivity index (χ1n) is 10.7. The van der Waals surface area contributed by atoms with E-state index in [-0.39, 0.29) is 23.6 Å². The molecule has 1 fully saturated rings. The van der Waals surface area contributed by atoms with Gasteiger partial charge in [-0.05, 0) is 37.5 Å². The van der Waals surface area contributed by atoms with E-state index in [4.69, 9.17) is 0 Å². The molecule has 1 atom stereocenters. The Morgan fingerprint density at radius 3 is 2.59 bits per heavy atom. The van der Waals surface area contributed by atoms with Crippen molar-refractivity contribution < 1.29 is 9.59 Å². The normalized spacial score (nSPS) is 15.7. The van der Waals surface area contributed by atoms with Gasteiger partial charge in [-0.15, -0.1) is 10.2 Å². The molecule has 0 radical (unpaired) electrons. The molecule has 0 bridgehead atoms. The largest absolute Gasteiger partial charge is 0.351 e. The van der Waals surface area contributed by atoms with E-state index in [1.165, 1.54) is 11.8 Å². The fraction of sp³-hybridized carbons (Fsp3) is 0.333. The van der Waals surface area contributed by atoms with E-state index in [1.54, 1.807) is 0 Å². The summed E-state index contributed by atoms with van der Waals surface area (Å²) in [5.41, 5.74) is 2.88.